The molecule has 1 rings (SSSR count). The van der Waals surface area contributed by atoms with Crippen LogP contribution in [0.2, 0.25) is 0 Å². The maximum Gasteiger partial charge on any atom is 0.0377 e. The number of hydroxylamine groups is 2. The summed E-state index contributed by atoms with van der Waals surface area (Å²) in [4.78, 5) is 0. The van der Waals surface area contributed by atoms with Crippen molar-refractivity contribution in [2.45, 2.75) is 45.6 Å². The van der Waals surface area contributed by atoms with Gasteiger partial charge in [-0.15, -0.1) is 0 Å². The summed E-state index contributed by atoms with van der Waals surface area (Å²) in [6.45, 7) is 4.50. The zero-order chi connectivity index (χ0) is 9.14. The smallest absolute Gasteiger partial charge is 0.0377 e. The second kappa shape index (κ2) is 4.24. The van der Waals surface area contributed by atoms with E-state index < -0.39 is 0 Å². The fourth-order valence-electron chi connectivity index (χ4n) is 2.35. The summed E-state index contributed by atoms with van der Waals surface area (Å²) in [7, 11) is 1.78. The van der Waals surface area contributed by atoms with Gasteiger partial charge in [0.1, 0.15) is 0 Å². The van der Waals surface area contributed by atoms with E-state index in [4.69, 9.17) is 0 Å². The highest BCUT2D eigenvalue weighted by atomic mass is 16.5. The first-order chi connectivity index (χ1) is 5.65. The van der Waals surface area contributed by atoms with E-state index in [1.165, 1.54) is 24.3 Å². The van der Waals surface area contributed by atoms with Crippen LogP contribution in [0.5, 0.6) is 0 Å². The quantitative estimate of drug-likeness (QED) is 0.645. The third-order valence-electron chi connectivity index (χ3n) is 3.22. The normalized spacial score (nSPS) is 37.2. The van der Waals surface area contributed by atoms with Crippen molar-refractivity contribution in [2.75, 3.05) is 7.05 Å². The Labute approximate surface area is 75.5 Å². The second-order valence-electron chi connectivity index (χ2n) is 4.23. The van der Waals surface area contributed by atoms with Gasteiger partial charge in [0.25, 0.3) is 0 Å². The van der Waals surface area contributed by atoms with Crippen LogP contribution >= 0.6 is 0 Å². The number of hydrogen-bond acceptors (Lipinski definition) is 2. The second-order valence-corrected chi connectivity index (χ2v) is 4.23. The molecule has 3 atom stereocenters. The average molecular weight is 171 g/mol. The molecule has 0 radical (unpaired) electrons. The molecule has 0 aliphatic heterocycles. The van der Waals surface area contributed by atoms with Gasteiger partial charge in [0, 0.05) is 13.1 Å². The summed E-state index contributed by atoms with van der Waals surface area (Å²) in [6.07, 6.45) is 4.98. The van der Waals surface area contributed by atoms with Crippen molar-refractivity contribution in [3.63, 3.8) is 0 Å². The Hall–Kier alpha value is -0.0800. The maximum absolute atomic E-state index is 9.43. The Morgan fingerprint density at radius 2 is 2.08 bits per heavy atom. The monoisotopic (exact) mass is 171 g/mol. The van der Waals surface area contributed by atoms with Gasteiger partial charge in [0.05, 0.1) is 0 Å². The summed E-state index contributed by atoms with van der Waals surface area (Å²) < 4.78 is 0. The van der Waals surface area contributed by atoms with Crippen LogP contribution in [0.15, 0.2) is 0 Å². The molecular formula is C10H21NO. The minimum absolute atomic E-state index is 0.402. The topological polar surface area (TPSA) is 23.5 Å². The third kappa shape index (κ3) is 2.20. The molecule has 0 saturated heterocycles. The summed E-state index contributed by atoms with van der Waals surface area (Å²) in [5.74, 6) is 1.49. The number of nitrogens with zero attached hydrogens (tertiary/aromatic N) is 1. The minimum atomic E-state index is 0.402. The summed E-state index contributed by atoms with van der Waals surface area (Å²) >= 11 is 0. The van der Waals surface area contributed by atoms with E-state index in [-0.39, 0.29) is 0 Å². The lowest BCUT2D eigenvalue weighted by Crippen LogP contribution is -2.39. The third-order valence-corrected chi connectivity index (χ3v) is 3.22. The van der Waals surface area contributed by atoms with E-state index in [1.807, 2.05) is 0 Å². The highest BCUT2D eigenvalue weighted by molar-refractivity contribution is 4.81. The van der Waals surface area contributed by atoms with Crippen LogP contribution in [0.3, 0.4) is 0 Å². The summed E-state index contributed by atoms with van der Waals surface area (Å²) in [5, 5.41) is 10.9. The van der Waals surface area contributed by atoms with E-state index in [2.05, 4.69) is 13.8 Å². The summed E-state index contributed by atoms with van der Waals surface area (Å²) in [6, 6.07) is 0.402. The zero-order valence-corrected chi connectivity index (χ0v) is 8.45. The van der Waals surface area contributed by atoms with Gasteiger partial charge in [-0.25, -0.2) is 0 Å². The molecule has 0 aromatic rings. The fraction of sp³-hybridized carbons (Fsp3) is 1.00. The molecule has 1 aliphatic carbocycles. The van der Waals surface area contributed by atoms with Crippen LogP contribution in [0.25, 0.3) is 0 Å². The Kier molecular flexibility index (Phi) is 3.53. The molecule has 12 heavy (non-hydrogen) atoms. The van der Waals surface area contributed by atoms with Crippen LogP contribution in [0, 0.1) is 11.8 Å². The van der Waals surface area contributed by atoms with Gasteiger partial charge in [-0.05, 0) is 24.7 Å². The van der Waals surface area contributed by atoms with Crippen molar-refractivity contribution >= 4 is 0 Å². The van der Waals surface area contributed by atoms with Crippen molar-refractivity contribution in [3.05, 3.63) is 0 Å². The van der Waals surface area contributed by atoms with Gasteiger partial charge in [0.15, 0.2) is 0 Å². The molecule has 1 saturated carbocycles. The molecule has 0 spiro atoms. The van der Waals surface area contributed by atoms with Gasteiger partial charge >= 0.3 is 0 Å². The molecule has 0 bridgehead atoms. The van der Waals surface area contributed by atoms with Crippen LogP contribution < -0.4 is 0 Å². The molecule has 0 aromatic heterocycles. The van der Waals surface area contributed by atoms with Crippen molar-refractivity contribution < 1.29 is 5.21 Å². The van der Waals surface area contributed by atoms with Crippen LogP contribution in [-0.2, 0) is 0 Å². The number of hydrogen-bond donors (Lipinski definition) is 1. The number of rotatable bonds is 2. The largest absolute Gasteiger partial charge is 0.314 e. The highest BCUT2D eigenvalue weighted by Crippen LogP contribution is 2.32. The molecule has 0 amide bonds. The first-order valence-electron chi connectivity index (χ1n) is 5.06. The van der Waals surface area contributed by atoms with Crippen molar-refractivity contribution in [2.24, 2.45) is 11.8 Å². The van der Waals surface area contributed by atoms with Crippen LogP contribution in [0.4, 0.5) is 0 Å². The van der Waals surface area contributed by atoms with E-state index in [9.17, 15) is 5.21 Å². The van der Waals surface area contributed by atoms with Gasteiger partial charge in [-0.2, -0.15) is 5.06 Å². The minimum Gasteiger partial charge on any atom is -0.314 e. The highest BCUT2D eigenvalue weighted by Gasteiger charge is 2.29. The molecular weight excluding hydrogens is 150 g/mol. The molecule has 1 fully saturated rings. The van der Waals surface area contributed by atoms with E-state index in [1.54, 1.807) is 7.05 Å². The molecule has 1 aliphatic rings. The molecule has 0 aromatic carbocycles. The van der Waals surface area contributed by atoms with Gasteiger partial charge < -0.3 is 5.21 Å². The Bertz CT molecular complexity index is 136. The standard InChI is InChI=1S/C10H21NO/c1-4-9-6-5-8(2)7-10(9)11(3)12/h8-10,12H,4-7H2,1-3H3. The zero-order valence-electron chi connectivity index (χ0n) is 8.45. The lowest BCUT2D eigenvalue weighted by molar-refractivity contribution is -0.133. The van der Waals surface area contributed by atoms with Crippen LogP contribution in [-0.4, -0.2) is 23.4 Å². The molecule has 2 nitrogen and oxygen atoms in total. The van der Waals surface area contributed by atoms with E-state index >= 15 is 0 Å². The Morgan fingerprint density at radius 3 is 2.58 bits per heavy atom. The van der Waals surface area contributed by atoms with Gasteiger partial charge in [0.2, 0.25) is 0 Å². The lowest BCUT2D eigenvalue weighted by atomic mass is 9.78. The van der Waals surface area contributed by atoms with Crippen molar-refractivity contribution in [1.29, 1.82) is 0 Å². The predicted octanol–water partition coefficient (Wildman–Crippen LogP) is 2.52. The van der Waals surface area contributed by atoms with Crippen LogP contribution in [0.1, 0.15) is 39.5 Å². The summed E-state index contributed by atoms with van der Waals surface area (Å²) in [5.41, 5.74) is 0. The average Bonchev–Trinajstić information content (AvgIpc) is 2.04. The van der Waals surface area contributed by atoms with Crippen molar-refractivity contribution in [1.82, 2.24) is 5.06 Å². The van der Waals surface area contributed by atoms with Crippen molar-refractivity contribution in [3.8, 4) is 0 Å². The molecule has 72 valence electrons. The Morgan fingerprint density at radius 1 is 1.42 bits per heavy atom. The maximum atomic E-state index is 9.43. The molecule has 2 heteroatoms. The SMILES string of the molecule is CCC1CCC(C)CC1N(C)O. The van der Waals surface area contributed by atoms with E-state index in [0.717, 1.165) is 12.3 Å². The van der Waals surface area contributed by atoms with Gasteiger partial charge in [-0.1, -0.05) is 26.7 Å². The van der Waals surface area contributed by atoms with Gasteiger partial charge in [-0.3, -0.25) is 0 Å². The Balaban J connectivity index is 2.52. The lowest BCUT2D eigenvalue weighted by Gasteiger charge is -2.37. The first-order valence-corrected chi connectivity index (χ1v) is 5.06. The fourth-order valence-corrected chi connectivity index (χ4v) is 2.35. The molecule has 0 heterocycles. The molecule has 1 N–H and O–H groups in total. The first kappa shape index (κ1) is 10.0. The predicted molar refractivity (Wildman–Crippen MR) is 50.1 cm³/mol. The van der Waals surface area contributed by atoms with E-state index in [0.29, 0.717) is 12.0 Å². The molecule has 3 unspecified atom stereocenters.